The van der Waals surface area contributed by atoms with Crippen LogP contribution in [-0.4, -0.2) is 28.6 Å². The number of halogens is 2. The van der Waals surface area contributed by atoms with Gasteiger partial charge in [-0.15, -0.1) is 0 Å². The molecule has 0 aliphatic carbocycles. The van der Waals surface area contributed by atoms with E-state index >= 15 is 0 Å². The molecule has 0 spiro atoms. The molecule has 0 fully saturated rings. The zero-order valence-corrected chi connectivity index (χ0v) is 31.9. The first-order valence-corrected chi connectivity index (χ1v) is 18.3. The van der Waals surface area contributed by atoms with Crippen molar-refractivity contribution in [3.05, 3.63) is 180 Å². The molecule has 0 saturated heterocycles. The van der Waals surface area contributed by atoms with Crippen molar-refractivity contribution < 1.29 is 33.6 Å². The van der Waals surface area contributed by atoms with Crippen LogP contribution in [0.5, 0.6) is 23.0 Å². The summed E-state index contributed by atoms with van der Waals surface area (Å²) in [5, 5.41) is 12.3. The van der Waals surface area contributed by atoms with Crippen LogP contribution in [0.15, 0.2) is 121 Å². The van der Waals surface area contributed by atoms with Crippen molar-refractivity contribution in [1.82, 2.24) is 0 Å². The summed E-state index contributed by atoms with van der Waals surface area (Å²) in [6, 6.07) is 33.2. The van der Waals surface area contributed by atoms with Crippen LogP contribution in [0, 0.1) is 17.0 Å². The average molecular weight is 799 g/mol. The Morgan fingerprint density at radius 1 is 0.544 bits per heavy atom. The van der Waals surface area contributed by atoms with Crippen LogP contribution in [0.4, 0.5) is 17.1 Å². The Hall–Kier alpha value is -6.82. The van der Waals surface area contributed by atoms with Gasteiger partial charge in [0.15, 0.2) is 0 Å². The maximum Gasteiger partial charge on any atom is 0.293 e. The average Bonchev–Trinajstić information content (AvgIpc) is 3.58. The van der Waals surface area contributed by atoms with E-state index in [1.807, 2.05) is 36.4 Å². The Labute approximate surface area is 335 Å². The Balaban J connectivity index is 0.943. The minimum absolute atomic E-state index is 0.0866. The molecule has 6 aromatic carbocycles. The monoisotopic (exact) mass is 797 g/mol. The number of hydrogen-bond acceptors (Lipinski definition) is 8. The number of nitro benzene ring substituents is 1. The second-order valence-electron chi connectivity index (χ2n) is 14.0. The lowest BCUT2D eigenvalue weighted by Crippen LogP contribution is -2.30. The summed E-state index contributed by atoms with van der Waals surface area (Å²) in [6.45, 7) is 5.84. The molecule has 0 bridgehead atoms. The summed E-state index contributed by atoms with van der Waals surface area (Å²) < 4.78 is 12.2. The first-order valence-electron chi connectivity index (χ1n) is 17.5. The molecule has 0 unspecified atom stereocenters. The smallest absolute Gasteiger partial charge is 0.293 e. The summed E-state index contributed by atoms with van der Waals surface area (Å²) in [4.78, 5) is 66.0. The Morgan fingerprint density at radius 3 is 1.46 bits per heavy atom. The Morgan fingerprint density at radius 2 is 0.982 bits per heavy atom. The first-order chi connectivity index (χ1) is 27.2. The van der Waals surface area contributed by atoms with Crippen LogP contribution in [0.1, 0.15) is 72.0 Å². The number of carbonyl (C=O) groups excluding carboxylic acids is 4. The van der Waals surface area contributed by atoms with E-state index < -0.39 is 34.0 Å². The maximum absolute atomic E-state index is 13.4. The van der Waals surface area contributed by atoms with Gasteiger partial charge in [-0.2, -0.15) is 0 Å². The molecule has 6 aromatic rings. The van der Waals surface area contributed by atoms with Crippen molar-refractivity contribution in [1.29, 1.82) is 0 Å². The molecule has 0 atom stereocenters. The third-order valence-electron chi connectivity index (χ3n) is 10.1. The summed E-state index contributed by atoms with van der Waals surface area (Å²) >= 11 is 12.3. The van der Waals surface area contributed by atoms with Crippen molar-refractivity contribution in [3.63, 3.8) is 0 Å². The van der Waals surface area contributed by atoms with Gasteiger partial charge in [0.2, 0.25) is 0 Å². The highest BCUT2D eigenvalue weighted by Gasteiger charge is 2.41. The van der Waals surface area contributed by atoms with Crippen LogP contribution >= 0.6 is 23.2 Å². The number of hydrogen-bond donors (Lipinski definition) is 0. The van der Waals surface area contributed by atoms with Crippen LogP contribution in [-0.2, 0) is 5.41 Å². The standard InChI is InChI=1S/C44H29Cl2N3O8/c1-24-4-18-38(39(20-24)49(54)55)48-41(51)33-17-15-31(23-35(33)43(48)53)57-29-12-7-26(8-13-29)44(2,3)25-5-10-28(11-6-25)56-30-14-16-32-34(22-30)42(52)47(40(32)50)37-19-9-27(45)21-36(37)46/h4-23H,1-3H3. The Bertz CT molecular complexity index is 2710. The van der Waals surface area contributed by atoms with Gasteiger partial charge >= 0.3 is 0 Å². The highest BCUT2D eigenvalue weighted by atomic mass is 35.5. The number of imide groups is 2. The number of aryl methyl sites for hydroxylation is 1. The normalized spacial score (nSPS) is 13.6. The lowest BCUT2D eigenvalue weighted by molar-refractivity contribution is -0.384. The van der Waals surface area contributed by atoms with E-state index in [9.17, 15) is 29.3 Å². The number of ether oxygens (including phenoxy) is 2. The molecule has 2 aliphatic rings. The molecular weight excluding hydrogens is 769 g/mol. The van der Waals surface area contributed by atoms with E-state index in [1.54, 1.807) is 49.4 Å². The molecule has 0 radical (unpaired) electrons. The van der Waals surface area contributed by atoms with E-state index in [1.165, 1.54) is 42.5 Å². The summed E-state index contributed by atoms with van der Waals surface area (Å²) in [6.07, 6.45) is 0. The van der Waals surface area contributed by atoms with Crippen molar-refractivity contribution in [2.45, 2.75) is 26.2 Å². The van der Waals surface area contributed by atoms with Gasteiger partial charge in [0.25, 0.3) is 29.3 Å². The predicted molar refractivity (Wildman–Crippen MR) is 215 cm³/mol. The number of anilines is 2. The summed E-state index contributed by atoms with van der Waals surface area (Å²) in [5.41, 5.74) is 2.64. The highest BCUT2D eigenvalue weighted by Crippen LogP contribution is 2.40. The van der Waals surface area contributed by atoms with Crippen molar-refractivity contribution in [2.24, 2.45) is 0 Å². The van der Waals surface area contributed by atoms with Gasteiger partial charge in [-0.3, -0.25) is 29.3 Å². The number of nitro groups is 1. The van der Waals surface area contributed by atoms with E-state index in [0.717, 1.165) is 20.9 Å². The lowest BCUT2D eigenvalue weighted by atomic mass is 9.78. The molecule has 0 N–H and O–H groups in total. The largest absolute Gasteiger partial charge is 0.457 e. The molecule has 8 rings (SSSR count). The predicted octanol–water partition coefficient (Wildman–Crippen LogP) is 10.7. The molecule has 0 saturated carbocycles. The summed E-state index contributed by atoms with van der Waals surface area (Å²) in [7, 11) is 0. The van der Waals surface area contributed by atoms with Gasteiger partial charge < -0.3 is 9.47 Å². The van der Waals surface area contributed by atoms with Crippen molar-refractivity contribution in [3.8, 4) is 23.0 Å². The number of amides is 4. The Kier molecular flexibility index (Phi) is 9.14. The fourth-order valence-corrected chi connectivity index (χ4v) is 7.45. The first kappa shape index (κ1) is 37.1. The highest BCUT2D eigenvalue weighted by molar-refractivity contribution is 6.41. The number of nitrogens with zero attached hydrogens (tertiary/aromatic N) is 3. The molecule has 57 heavy (non-hydrogen) atoms. The fraction of sp³-hybridized carbons (Fsp3) is 0.0909. The van der Waals surface area contributed by atoms with E-state index in [4.69, 9.17) is 32.7 Å². The zero-order chi connectivity index (χ0) is 40.3. The molecule has 4 amide bonds. The minimum atomic E-state index is -0.674. The van der Waals surface area contributed by atoms with Crippen LogP contribution in [0.3, 0.4) is 0 Å². The summed E-state index contributed by atoms with van der Waals surface area (Å²) in [5.74, 6) is -0.599. The van der Waals surface area contributed by atoms with Gasteiger partial charge in [0.1, 0.15) is 28.7 Å². The van der Waals surface area contributed by atoms with Crippen LogP contribution in [0.25, 0.3) is 0 Å². The molecule has 2 aliphatic heterocycles. The van der Waals surface area contributed by atoms with Gasteiger partial charge in [-0.25, -0.2) is 9.80 Å². The molecule has 11 nitrogen and oxygen atoms in total. The quantitative estimate of drug-likeness (QED) is 0.0801. The zero-order valence-electron chi connectivity index (χ0n) is 30.4. The number of benzene rings is 6. The molecule has 282 valence electrons. The van der Waals surface area contributed by atoms with E-state index in [-0.39, 0.29) is 44.3 Å². The molecule has 13 heteroatoms. The molecule has 0 aromatic heterocycles. The lowest BCUT2D eigenvalue weighted by Gasteiger charge is -2.26. The van der Waals surface area contributed by atoms with Gasteiger partial charge in [0.05, 0.1) is 37.9 Å². The van der Waals surface area contributed by atoms with Gasteiger partial charge in [0, 0.05) is 16.5 Å². The van der Waals surface area contributed by atoms with Crippen molar-refractivity contribution >= 4 is 63.9 Å². The third kappa shape index (κ3) is 6.56. The third-order valence-corrected chi connectivity index (χ3v) is 10.6. The fourth-order valence-electron chi connectivity index (χ4n) is 6.95. The number of fused-ring (bicyclic) bond motifs is 2. The molecule has 2 heterocycles. The topological polar surface area (TPSA) is 136 Å². The van der Waals surface area contributed by atoms with Crippen LogP contribution in [0.2, 0.25) is 10.0 Å². The van der Waals surface area contributed by atoms with Gasteiger partial charge in [-0.05, 0) is 109 Å². The van der Waals surface area contributed by atoms with E-state index in [0.29, 0.717) is 33.6 Å². The number of rotatable bonds is 9. The minimum Gasteiger partial charge on any atom is -0.457 e. The molecular formula is C44H29Cl2N3O8. The van der Waals surface area contributed by atoms with Crippen LogP contribution < -0.4 is 19.3 Å². The van der Waals surface area contributed by atoms with Crippen molar-refractivity contribution in [2.75, 3.05) is 9.80 Å². The second-order valence-corrected chi connectivity index (χ2v) is 14.9. The second kappa shape index (κ2) is 14.0. The number of carbonyl (C=O) groups is 4. The maximum atomic E-state index is 13.4. The van der Waals surface area contributed by atoms with Gasteiger partial charge in [-0.1, -0.05) is 67.4 Å². The SMILES string of the molecule is Cc1ccc(N2C(=O)c3ccc(Oc4ccc(C(C)(C)c5ccc(Oc6ccc7c(c6)C(=O)N(c6ccc(Cl)cc6Cl)C7=O)cc5)cc4)cc3C2=O)c([N+](=O)[O-])c1. The van der Waals surface area contributed by atoms with E-state index in [2.05, 4.69) is 13.8 Å².